The van der Waals surface area contributed by atoms with E-state index in [2.05, 4.69) is 32.5 Å². The van der Waals surface area contributed by atoms with Gasteiger partial charge in [0.25, 0.3) is 5.91 Å². The lowest BCUT2D eigenvalue weighted by Crippen LogP contribution is -2.19. The van der Waals surface area contributed by atoms with Gasteiger partial charge >= 0.3 is 0 Å². The van der Waals surface area contributed by atoms with Crippen molar-refractivity contribution in [3.8, 4) is 0 Å². The van der Waals surface area contributed by atoms with Gasteiger partial charge in [0.2, 0.25) is 0 Å². The van der Waals surface area contributed by atoms with Gasteiger partial charge in [0.1, 0.15) is 5.69 Å². The molecule has 1 N–H and O–H groups in total. The number of hydrogen-bond acceptors (Lipinski definition) is 3. The van der Waals surface area contributed by atoms with E-state index >= 15 is 0 Å². The van der Waals surface area contributed by atoms with Crippen molar-refractivity contribution < 1.29 is 4.79 Å². The molecular weight excluding hydrogens is 368 g/mol. The number of carbonyl (C=O) groups is 1. The van der Waals surface area contributed by atoms with Crippen molar-refractivity contribution in [2.24, 2.45) is 0 Å². The Balaban J connectivity index is 1.41. The molecule has 1 fully saturated rings. The third-order valence-corrected chi connectivity index (χ3v) is 6.32. The van der Waals surface area contributed by atoms with E-state index in [9.17, 15) is 4.79 Å². The van der Waals surface area contributed by atoms with E-state index in [0.717, 1.165) is 29.8 Å². The highest BCUT2D eigenvalue weighted by atomic mass is 32.1. The molecule has 142 valence electrons. The molecule has 5 rings (SSSR count). The summed E-state index contributed by atoms with van der Waals surface area (Å²) < 4.78 is 5.33. The molecular formula is C22H22N4OS. The minimum atomic E-state index is -0.0356. The van der Waals surface area contributed by atoms with Crippen molar-refractivity contribution in [1.29, 1.82) is 0 Å². The molecule has 28 heavy (non-hydrogen) atoms. The predicted octanol–water partition coefficient (Wildman–Crippen LogP) is 5.32. The van der Waals surface area contributed by atoms with E-state index in [1.807, 2.05) is 41.2 Å². The summed E-state index contributed by atoms with van der Waals surface area (Å²) in [6.07, 6.45) is 8.50. The Morgan fingerprint density at radius 1 is 1.18 bits per heavy atom. The highest BCUT2D eigenvalue weighted by Gasteiger charge is 2.25. The first-order chi connectivity index (χ1) is 13.8. The number of fused-ring (bicyclic) bond motifs is 1. The van der Waals surface area contributed by atoms with Crippen LogP contribution in [0.15, 0.2) is 60.2 Å². The number of hydrogen-bond donors (Lipinski definition) is 1. The number of nitrogens with one attached hydrogen (secondary N) is 1. The number of amides is 1. The molecule has 0 spiro atoms. The summed E-state index contributed by atoms with van der Waals surface area (Å²) in [6, 6.07) is 14.5. The van der Waals surface area contributed by atoms with Crippen LogP contribution >= 0.6 is 11.3 Å². The fourth-order valence-electron chi connectivity index (χ4n) is 4.20. The molecule has 3 aromatic heterocycles. The van der Waals surface area contributed by atoms with Gasteiger partial charge in [-0.2, -0.15) is 5.10 Å². The molecule has 0 bridgehead atoms. The first-order valence-corrected chi connectivity index (χ1v) is 10.6. The highest BCUT2D eigenvalue weighted by molar-refractivity contribution is 7.17. The van der Waals surface area contributed by atoms with Crippen molar-refractivity contribution in [2.75, 3.05) is 5.32 Å². The molecule has 0 saturated heterocycles. The van der Waals surface area contributed by atoms with Crippen LogP contribution in [0.2, 0.25) is 0 Å². The van der Waals surface area contributed by atoms with Crippen LogP contribution in [-0.4, -0.2) is 20.3 Å². The molecule has 3 heterocycles. The van der Waals surface area contributed by atoms with Gasteiger partial charge in [-0.25, -0.2) is 0 Å². The lowest BCUT2D eigenvalue weighted by Gasteiger charge is -2.17. The van der Waals surface area contributed by atoms with Gasteiger partial charge in [-0.15, -0.1) is 11.3 Å². The van der Waals surface area contributed by atoms with Crippen molar-refractivity contribution in [1.82, 2.24) is 14.3 Å². The number of anilines is 1. The summed E-state index contributed by atoms with van der Waals surface area (Å²) in [5.41, 5.74) is 3.88. The van der Waals surface area contributed by atoms with E-state index in [1.165, 1.54) is 23.1 Å². The second-order valence-corrected chi connectivity index (χ2v) is 8.31. The molecule has 0 radical (unpaired) electrons. The Morgan fingerprint density at radius 3 is 2.89 bits per heavy atom. The van der Waals surface area contributed by atoms with Crippen LogP contribution in [0.25, 0.3) is 10.2 Å². The number of thiophene rings is 1. The maximum atomic E-state index is 13.1. The molecule has 5 nitrogen and oxygen atoms in total. The zero-order valence-corrected chi connectivity index (χ0v) is 16.4. The fourth-order valence-corrected chi connectivity index (χ4v) is 5.01. The van der Waals surface area contributed by atoms with Crippen molar-refractivity contribution in [2.45, 2.75) is 38.3 Å². The SMILES string of the molecule is O=C(Nc1cccc(Cn2cccn2)c1)c1cc2sccc2n1C1CCCC1. The third-order valence-electron chi connectivity index (χ3n) is 5.47. The normalized spacial score (nSPS) is 14.7. The van der Waals surface area contributed by atoms with Crippen LogP contribution in [-0.2, 0) is 6.54 Å². The van der Waals surface area contributed by atoms with E-state index in [1.54, 1.807) is 17.5 Å². The minimum absolute atomic E-state index is 0.0356. The number of benzene rings is 1. The molecule has 0 atom stereocenters. The average molecular weight is 391 g/mol. The fraction of sp³-hybridized carbons (Fsp3) is 0.273. The number of nitrogens with zero attached hydrogens (tertiary/aromatic N) is 3. The smallest absolute Gasteiger partial charge is 0.272 e. The van der Waals surface area contributed by atoms with Crippen LogP contribution in [0.3, 0.4) is 0 Å². The summed E-state index contributed by atoms with van der Waals surface area (Å²) in [6.45, 7) is 0.685. The van der Waals surface area contributed by atoms with Gasteiger partial charge in [-0.05, 0) is 54.1 Å². The zero-order chi connectivity index (χ0) is 18.9. The Labute approximate surface area is 167 Å². The van der Waals surface area contributed by atoms with Gasteiger partial charge in [0.15, 0.2) is 0 Å². The Kier molecular flexibility index (Phi) is 4.49. The summed E-state index contributed by atoms with van der Waals surface area (Å²) in [4.78, 5) is 13.1. The van der Waals surface area contributed by atoms with Gasteiger partial charge in [-0.1, -0.05) is 25.0 Å². The molecule has 1 amide bonds. The van der Waals surface area contributed by atoms with E-state index in [0.29, 0.717) is 12.6 Å². The molecule has 4 aromatic rings. The Morgan fingerprint density at radius 2 is 2.07 bits per heavy atom. The number of carbonyl (C=O) groups excluding carboxylic acids is 1. The van der Waals surface area contributed by atoms with Crippen LogP contribution in [0.1, 0.15) is 47.8 Å². The van der Waals surface area contributed by atoms with Gasteiger partial charge < -0.3 is 9.88 Å². The van der Waals surface area contributed by atoms with Gasteiger partial charge in [0, 0.05) is 24.1 Å². The topological polar surface area (TPSA) is 51.9 Å². The molecule has 1 aliphatic carbocycles. The monoisotopic (exact) mass is 390 g/mol. The molecule has 1 saturated carbocycles. The predicted molar refractivity (Wildman–Crippen MR) is 113 cm³/mol. The summed E-state index contributed by atoms with van der Waals surface area (Å²) >= 11 is 1.70. The van der Waals surface area contributed by atoms with Crippen LogP contribution in [0.5, 0.6) is 0 Å². The maximum absolute atomic E-state index is 13.1. The van der Waals surface area contributed by atoms with Crippen molar-refractivity contribution >= 4 is 33.1 Å². The van der Waals surface area contributed by atoms with E-state index in [4.69, 9.17) is 0 Å². The molecule has 0 unspecified atom stereocenters. The first kappa shape index (κ1) is 17.3. The Hall–Kier alpha value is -2.86. The summed E-state index contributed by atoms with van der Waals surface area (Å²) in [7, 11) is 0. The summed E-state index contributed by atoms with van der Waals surface area (Å²) in [5, 5.41) is 9.47. The largest absolute Gasteiger partial charge is 0.333 e. The lowest BCUT2D eigenvalue weighted by atomic mass is 10.2. The average Bonchev–Trinajstić information content (AvgIpc) is 3.46. The molecule has 0 aliphatic heterocycles. The van der Waals surface area contributed by atoms with Crippen LogP contribution in [0.4, 0.5) is 5.69 Å². The van der Waals surface area contributed by atoms with Gasteiger partial charge in [-0.3, -0.25) is 9.48 Å². The molecule has 1 aromatic carbocycles. The summed E-state index contributed by atoms with van der Waals surface area (Å²) in [5.74, 6) is -0.0356. The van der Waals surface area contributed by atoms with E-state index in [-0.39, 0.29) is 5.91 Å². The standard InChI is InChI=1S/C22H22N4OS/c27-22(24-17-6-3-5-16(13-17)15-25-11-4-10-23-25)20-14-21-19(9-12-28-21)26(20)18-7-1-2-8-18/h3-6,9-14,18H,1-2,7-8,15H2,(H,24,27). The third kappa shape index (κ3) is 3.24. The van der Waals surface area contributed by atoms with Gasteiger partial charge in [0.05, 0.1) is 16.8 Å². The second kappa shape index (κ2) is 7.28. The van der Waals surface area contributed by atoms with E-state index < -0.39 is 0 Å². The van der Waals surface area contributed by atoms with Crippen molar-refractivity contribution in [3.05, 3.63) is 71.5 Å². The zero-order valence-electron chi connectivity index (χ0n) is 15.5. The molecule has 6 heteroatoms. The maximum Gasteiger partial charge on any atom is 0.272 e. The number of rotatable bonds is 5. The second-order valence-electron chi connectivity index (χ2n) is 7.37. The highest BCUT2D eigenvalue weighted by Crippen LogP contribution is 2.36. The Bertz CT molecular complexity index is 1100. The van der Waals surface area contributed by atoms with Crippen LogP contribution in [0, 0.1) is 0 Å². The van der Waals surface area contributed by atoms with Crippen LogP contribution < -0.4 is 5.32 Å². The minimum Gasteiger partial charge on any atom is -0.333 e. The van der Waals surface area contributed by atoms with Crippen molar-refractivity contribution in [3.63, 3.8) is 0 Å². The molecule has 1 aliphatic rings. The number of aromatic nitrogens is 3. The first-order valence-electron chi connectivity index (χ1n) is 9.74. The lowest BCUT2D eigenvalue weighted by molar-refractivity contribution is 0.101. The quantitative estimate of drug-likeness (QED) is 0.502.